The molecular weight excluding hydrogens is 493 g/mol. The Morgan fingerprint density at radius 3 is 2.56 bits per heavy atom. The highest BCUT2D eigenvalue weighted by molar-refractivity contribution is 14.0. The van der Waals surface area contributed by atoms with Crippen molar-refractivity contribution in [3.63, 3.8) is 0 Å². The van der Waals surface area contributed by atoms with Crippen molar-refractivity contribution in [2.45, 2.75) is 40.3 Å². The second-order valence-electron chi connectivity index (χ2n) is 5.93. The van der Waals surface area contributed by atoms with Crippen LogP contribution in [0.3, 0.4) is 0 Å². The first-order valence-electron chi connectivity index (χ1n) is 8.20. The van der Waals surface area contributed by atoms with Gasteiger partial charge in [0.1, 0.15) is 0 Å². The lowest BCUT2D eigenvalue weighted by molar-refractivity contribution is 0.555. The molecule has 2 N–H and O–H groups in total. The van der Waals surface area contributed by atoms with Crippen LogP contribution in [0.1, 0.15) is 28.9 Å². The summed E-state index contributed by atoms with van der Waals surface area (Å²) in [5.74, 6) is 0.825. The van der Waals surface area contributed by atoms with Crippen molar-refractivity contribution < 1.29 is 0 Å². The SMILES string of the molecule is CN=C(NCCCn1nc(C)cc1C)NCc1ccc(Br)cc1C.I. The number of benzene rings is 1. The number of nitrogens with zero attached hydrogens (tertiary/aromatic N) is 3. The first kappa shape index (κ1) is 22.0. The molecule has 0 aliphatic rings. The minimum Gasteiger partial charge on any atom is -0.356 e. The predicted molar refractivity (Wildman–Crippen MR) is 119 cm³/mol. The van der Waals surface area contributed by atoms with E-state index in [0.29, 0.717) is 0 Å². The predicted octanol–water partition coefficient (Wildman–Crippen LogP) is 3.94. The largest absolute Gasteiger partial charge is 0.356 e. The van der Waals surface area contributed by atoms with E-state index in [4.69, 9.17) is 0 Å². The number of rotatable bonds is 6. The number of aromatic nitrogens is 2. The molecule has 1 aromatic carbocycles. The second kappa shape index (κ2) is 10.8. The van der Waals surface area contributed by atoms with Gasteiger partial charge in [-0.15, -0.1) is 24.0 Å². The minimum absolute atomic E-state index is 0. The summed E-state index contributed by atoms with van der Waals surface area (Å²) < 4.78 is 3.16. The van der Waals surface area contributed by atoms with Gasteiger partial charge in [-0.2, -0.15) is 5.10 Å². The number of hydrogen-bond acceptors (Lipinski definition) is 2. The van der Waals surface area contributed by atoms with E-state index in [2.05, 4.69) is 79.4 Å². The van der Waals surface area contributed by atoms with E-state index in [9.17, 15) is 0 Å². The Balaban J connectivity index is 0.00000312. The summed E-state index contributed by atoms with van der Waals surface area (Å²) in [6.45, 7) is 8.77. The Morgan fingerprint density at radius 2 is 1.96 bits per heavy atom. The summed E-state index contributed by atoms with van der Waals surface area (Å²) in [4.78, 5) is 4.28. The molecule has 138 valence electrons. The van der Waals surface area contributed by atoms with E-state index in [-0.39, 0.29) is 24.0 Å². The maximum absolute atomic E-state index is 4.48. The highest BCUT2D eigenvalue weighted by Crippen LogP contribution is 2.15. The van der Waals surface area contributed by atoms with E-state index in [1.807, 2.05) is 6.92 Å². The lowest BCUT2D eigenvalue weighted by Gasteiger charge is -2.13. The van der Waals surface area contributed by atoms with Crippen LogP contribution in [0.2, 0.25) is 0 Å². The van der Waals surface area contributed by atoms with E-state index in [0.717, 1.165) is 42.2 Å². The fourth-order valence-electron chi connectivity index (χ4n) is 2.59. The third kappa shape index (κ3) is 6.97. The summed E-state index contributed by atoms with van der Waals surface area (Å²) in [6.07, 6.45) is 1.000. The van der Waals surface area contributed by atoms with Crippen LogP contribution in [0.5, 0.6) is 0 Å². The minimum atomic E-state index is 0. The topological polar surface area (TPSA) is 54.2 Å². The molecule has 2 rings (SSSR count). The Morgan fingerprint density at radius 1 is 1.20 bits per heavy atom. The van der Waals surface area contributed by atoms with Crippen LogP contribution in [0.4, 0.5) is 0 Å². The van der Waals surface area contributed by atoms with Gasteiger partial charge in [0, 0.05) is 36.8 Å². The van der Waals surface area contributed by atoms with Gasteiger partial charge in [-0.25, -0.2) is 0 Å². The molecule has 0 saturated carbocycles. The normalized spacial score (nSPS) is 11.2. The van der Waals surface area contributed by atoms with Crippen LogP contribution < -0.4 is 10.6 Å². The third-order valence-electron chi connectivity index (χ3n) is 3.92. The molecule has 0 amide bonds. The molecule has 0 bridgehead atoms. The van der Waals surface area contributed by atoms with Crippen molar-refractivity contribution in [2.75, 3.05) is 13.6 Å². The molecule has 0 saturated heterocycles. The summed E-state index contributed by atoms with van der Waals surface area (Å²) >= 11 is 3.49. The van der Waals surface area contributed by atoms with Crippen molar-refractivity contribution >= 4 is 45.9 Å². The summed E-state index contributed by atoms with van der Waals surface area (Å²) in [5, 5.41) is 11.2. The standard InChI is InChI=1S/C18H26BrN5.HI/c1-13-10-17(19)7-6-16(13)12-22-18(20-4)21-8-5-9-24-15(3)11-14(2)23-24;/h6-7,10-11H,5,8-9,12H2,1-4H3,(H2,20,21,22);1H. The molecule has 0 fully saturated rings. The molecule has 2 aromatic rings. The van der Waals surface area contributed by atoms with Gasteiger partial charge in [0.15, 0.2) is 5.96 Å². The fraction of sp³-hybridized carbons (Fsp3) is 0.444. The first-order chi connectivity index (χ1) is 11.5. The third-order valence-corrected chi connectivity index (χ3v) is 4.41. The average Bonchev–Trinajstić information content (AvgIpc) is 2.86. The molecular formula is C18H27BrIN5. The summed E-state index contributed by atoms with van der Waals surface area (Å²) in [7, 11) is 1.80. The lowest BCUT2D eigenvalue weighted by Crippen LogP contribution is -2.37. The smallest absolute Gasteiger partial charge is 0.191 e. The number of hydrogen-bond donors (Lipinski definition) is 2. The Bertz CT molecular complexity index is 711. The van der Waals surface area contributed by atoms with Crippen LogP contribution in [0.25, 0.3) is 0 Å². The van der Waals surface area contributed by atoms with Crippen molar-refractivity contribution in [3.8, 4) is 0 Å². The molecule has 5 nitrogen and oxygen atoms in total. The highest BCUT2D eigenvalue weighted by atomic mass is 127. The Hall–Kier alpha value is -1.09. The zero-order valence-electron chi connectivity index (χ0n) is 15.3. The molecule has 1 aromatic heterocycles. The van der Waals surface area contributed by atoms with E-state index < -0.39 is 0 Å². The number of aliphatic imine (C=N–C) groups is 1. The zero-order chi connectivity index (χ0) is 17.5. The Kier molecular flexibility index (Phi) is 9.48. The maximum atomic E-state index is 4.48. The van der Waals surface area contributed by atoms with Crippen LogP contribution in [-0.2, 0) is 13.1 Å². The molecule has 0 aliphatic carbocycles. The number of guanidine groups is 1. The van der Waals surface area contributed by atoms with Crippen LogP contribution in [0.15, 0.2) is 33.7 Å². The van der Waals surface area contributed by atoms with Crippen LogP contribution in [-0.4, -0.2) is 29.3 Å². The molecule has 1 heterocycles. The molecule has 0 spiro atoms. The molecule has 7 heteroatoms. The number of nitrogens with one attached hydrogen (secondary N) is 2. The van der Waals surface area contributed by atoms with Crippen LogP contribution in [0, 0.1) is 20.8 Å². The van der Waals surface area contributed by atoms with Crippen LogP contribution >= 0.6 is 39.9 Å². The van der Waals surface area contributed by atoms with Gasteiger partial charge < -0.3 is 10.6 Å². The molecule has 25 heavy (non-hydrogen) atoms. The van der Waals surface area contributed by atoms with Crippen molar-refractivity contribution in [2.24, 2.45) is 4.99 Å². The zero-order valence-corrected chi connectivity index (χ0v) is 19.2. The first-order valence-corrected chi connectivity index (χ1v) is 8.99. The molecule has 0 atom stereocenters. The highest BCUT2D eigenvalue weighted by Gasteiger charge is 2.03. The van der Waals surface area contributed by atoms with Gasteiger partial charge in [-0.05, 0) is 56.5 Å². The van der Waals surface area contributed by atoms with E-state index in [1.54, 1.807) is 7.05 Å². The van der Waals surface area contributed by atoms with Gasteiger partial charge in [0.2, 0.25) is 0 Å². The van der Waals surface area contributed by atoms with Gasteiger partial charge in [-0.3, -0.25) is 9.67 Å². The van der Waals surface area contributed by atoms with E-state index in [1.165, 1.54) is 16.8 Å². The van der Waals surface area contributed by atoms with Crippen molar-refractivity contribution in [1.29, 1.82) is 0 Å². The van der Waals surface area contributed by atoms with Crippen molar-refractivity contribution in [1.82, 2.24) is 20.4 Å². The monoisotopic (exact) mass is 519 g/mol. The lowest BCUT2D eigenvalue weighted by atomic mass is 10.1. The average molecular weight is 520 g/mol. The molecule has 0 aliphatic heterocycles. The Labute approximate surface area is 175 Å². The number of aryl methyl sites for hydroxylation is 4. The van der Waals surface area contributed by atoms with Gasteiger partial charge >= 0.3 is 0 Å². The van der Waals surface area contributed by atoms with Gasteiger partial charge in [0.25, 0.3) is 0 Å². The second-order valence-corrected chi connectivity index (χ2v) is 6.84. The molecule has 0 radical (unpaired) electrons. The summed E-state index contributed by atoms with van der Waals surface area (Å²) in [5.41, 5.74) is 4.81. The fourth-order valence-corrected chi connectivity index (χ4v) is 3.07. The number of halogens is 2. The van der Waals surface area contributed by atoms with Crippen molar-refractivity contribution in [3.05, 3.63) is 51.3 Å². The van der Waals surface area contributed by atoms with E-state index >= 15 is 0 Å². The maximum Gasteiger partial charge on any atom is 0.191 e. The summed E-state index contributed by atoms with van der Waals surface area (Å²) in [6, 6.07) is 8.42. The quantitative estimate of drug-likeness (QED) is 0.263. The van der Waals surface area contributed by atoms with Gasteiger partial charge in [-0.1, -0.05) is 22.0 Å². The molecule has 0 unspecified atom stereocenters. The van der Waals surface area contributed by atoms with Gasteiger partial charge in [0.05, 0.1) is 5.69 Å².